The largest absolute Gasteiger partial charge is 0.486 e. The third kappa shape index (κ3) is 4.93. The third-order valence-electron chi connectivity index (χ3n) is 5.79. The van der Waals surface area contributed by atoms with Gasteiger partial charge in [-0.15, -0.1) is 0 Å². The van der Waals surface area contributed by atoms with Gasteiger partial charge >= 0.3 is 6.03 Å². The fourth-order valence-corrected chi connectivity index (χ4v) is 3.95. The number of amides is 3. The standard InChI is InChI=1S/C21H31N3O3/c1-3-16-6-4-5-7-19(16)27-18-13-24(14-18)21(26)23-12-15-8-10-17(11-9-15)20(25)22-2/h4-7,15,17-18H,3,8-14H2,1-2H3,(H,22,25)(H,23,26). The summed E-state index contributed by atoms with van der Waals surface area (Å²) in [5.74, 6) is 1.69. The fraction of sp³-hybridized carbons (Fsp3) is 0.619. The van der Waals surface area contributed by atoms with E-state index in [-0.39, 0.29) is 24.0 Å². The van der Waals surface area contributed by atoms with Crippen LogP contribution in [0.4, 0.5) is 4.79 Å². The maximum absolute atomic E-state index is 12.3. The molecule has 6 nitrogen and oxygen atoms in total. The van der Waals surface area contributed by atoms with Crippen molar-refractivity contribution in [3.8, 4) is 5.75 Å². The van der Waals surface area contributed by atoms with Gasteiger partial charge in [0.15, 0.2) is 0 Å². The lowest BCUT2D eigenvalue weighted by atomic mass is 9.81. The number of carbonyl (C=O) groups is 2. The molecular weight excluding hydrogens is 342 g/mol. The van der Waals surface area contributed by atoms with Crippen LogP contribution in [0.5, 0.6) is 5.75 Å². The van der Waals surface area contributed by atoms with Crippen molar-refractivity contribution in [1.82, 2.24) is 15.5 Å². The van der Waals surface area contributed by atoms with E-state index in [1.807, 2.05) is 18.2 Å². The molecule has 0 radical (unpaired) electrons. The smallest absolute Gasteiger partial charge is 0.317 e. The molecule has 0 aromatic heterocycles. The minimum Gasteiger partial charge on any atom is -0.486 e. The highest BCUT2D eigenvalue weighted by molar-refractivity contribution is 5.78. The Labute approximate surface area is 161 Å². The Balaban J connectivity index is 1.35. The van der Waals surface area contributed by atoms with Crippen molar-refractivity contribution in [3.05, 3.63) is 29.8 Å². The number of rotatable bonds is 6. The molecule has 2 fully saturated rings. The summed E-state index contributed by atoms with van der Waals surface area (Å²) in [5.41, 5.74) is 1.20. The number of para-hydroxylation sites is 1. The molecule has 0 bridgehead atoms. The van der Waals surface area contributed by atoms with E-state index in [4.69, 9.17) is 4.74 Å². The van der Waals surface area contributed by atoms with E-state index in [1.54, 1.807) is 11.9 Å². The van der Waals surface area contributed by atoms with Gasteiger partial charge in [0.25, 0.3) is 0 Å². The lowest BCUT2D eigenvalue weighted by Gasteiger charge is -2.39. The highest BCUT2D eigenvalue weighted by atomic mass is 16.5. The molecule has 2 aliphatic rings. The molecule has 1 aliphatic carbocycles. The van der Waals surface area contributed by atoms with Crippen LogP contribution < -0.4 is 15.4 Å². The molecule has 1 aromatic rings. The van der Waals surface area contributed by atoms with Gasteiger partial charge in [-0.3, -0.25) is 4.79 Å². The molecule has 0 spiro atoms. The summed E-state index contributed by atoms with van der Waals surface area (Å²) in [5, 5.41) is 5.78. The van der Waals surface area contributed by atoms with Gasteiger partial charge in [0.2, 0.25) is 5.91 Å². The summed E-state index contributed by atoms with van der Waals surface area (Å²) >= 11 is 0. The van der Waals surface area contributed by atoms with Crippen molar-refractivity contribution < 1.29 is 14.3 Å². The lowest BCUT2D eigenvalue weighted by molar-refractivity contribution is -0.125. The monoisotopic (exact) mass is 373 g/mol. The van der Waals surface area contributed by atoms with Crippen molar-refractivity contribution in [3.63, 3.8) is 0 Å². The van der Waals surface area contributed by atoms with Gasteiger partial charge in [0.1, 0.15) is 11.9 Å². The Hall–Kier alpha value is -2.24. The van der Waals surface area contributed by atoms with Crippen LogP contribution in [-0.2, 0) is 11.2 Å². The van der Waals surface area contributed by atoms with Gasteiger partial charge in [0.05, 0.1) is 13.1 Å². The molecule has 1 aromatic carbocycles. The molecule has 3 rings (SSSR count). The predicted octanol–water partition coefficient (Wildman–Crippen LogP) is 2.57. The molecule has 0 atom stereocenters. The van der Waals surface area contributed by atoms with Gasteiger partial charge in [-0.1, -0.05) is 25.1 Å². The Kier molecular flexibility index (Phi) is 6.58. The summed E-state index contributed by atoms with van der Waals surface area (Å²) in [6, 6.07) is 8.07. The molecular formula is C21H31N3O3. The highest BCUT2D eigenvalue weighted by Gasteiger charge is 2.33. The zero-order valence-electron chi connectivity index (χ0n) is 16.4. The molecule has 1 heterocycles. The number of urea groups is 1. The van der Waals surface area contributed by atoms with Gasteiger partial charge < -0.3 is 20.3 Å². The number of carbonyl (C=O) groups excluding carboxylic acids is 2. The first-order valence-corrected chi connectivity index (χ1v) is 10.1. The van der Waals surface area contributed by atoms with E-state index in [2.05, 4.69) is 23.6 Å². The zero-order valence-corrected chi connectivity index (χ0v) is 16.4. The molecule has 3 amide bonds. The molecule has 1 aliphatic heterocycles. The number of benzene rings is 1. The second-order valence-electron chi connectivity index (χ2n) is 7.62. The molecule has 1 saturated carbocycles. The summed E-state index contributed by atoms with van der Waals surface area (Å²) < 4.78 is 6.03. The SMILES string of the molecule is CCc1ccccc1OC1CN(C(=O)NCC2CCC(C(=O)NC)CC2)C1. The lowest BCUT2D eigenvalue weighted by Crippen LogP contribution is -2.59. The first-order valence-electron chi connectivity index (χ1n) is 10.1. The third-order valence-corrected chi connectivity index (χ3v) is 5.79. The van der Waals surface area contributed by atoms with Gasteiger partial charge in [-0.25, -0.2) is 4.79 Å². The van der Waals surface area contributed by atoms with Crippen molar-refractivity contribution in [2.45, 2.75) is 45.1 Å². The maximum atomic E-state index is 12.3. The number of hydrogen-bond acceptors (Lipinski definition) is 3. The average Bonchev–Trinajstić information content (AvgIpc) is 2.68. The van der Waals surface area contributed by atoms with E-state index in [0.717, 1.165) is 37.9 Å². The fourth-order valence-electron chi connectivity index (χ4n) is 3.95. The summed E-state index contributed by atoms with van der Waals surface area (Å²) in [6.07, 6.45) is 4.84. The molecule has 0 unspecified atom stereocenters. The first-order chi connectivity index (χ1) is 13.1. The van der Waals surface area contributed by atoms with Crippen LogP contribution in [0.15, 0.2) is 24.3 Å². The summed E-state index contributed by atoms with van der Waals surface area (Å²) in [6.45, 7) is 4.07. The average molecular weight is 373 g/mol. The second-order valence-corrected chi connectivity index (χ2v) is 7.62. The van der Waals surface area contributed by atoms with Gasteiger partial charge in [-0.2, -0.15) is 0 Å². The Morgan fingerprint density at radius 2 is 1.85 bits per heavy atom. The second kappa shape index (κ2) is 9.11. The molecule has 6 heteroatoms. The number of hydrogen-bond donors (Lipinski definition) is 2. The van der Waals surface area contributed by atoms with E-state index in [9.17, 15) is 9.59 Å². The highest BCUT2D eigenvalue weighted by Crippen LogP contribution is 2.28. The molecule has 1 saturated heterocycles. The van der Waals surface area contributed by atoms with E-state index >= 15 is 0 Å². The Morgan fingerprint density at radius 1 is 1.15 bits per heavy atom. The van der Waals surface area contributed by atoms with Crippen LogP contribution in [0.3, 0.4) is 0 Å². The van der Waals surface area contributed by atoms with Gasteiger partial charge in [-0.05, 0) is 49.7 Å². The number of ether oxygens (including phenoxy) is 1. The predicted molar refractivity (Wildman–Crippen MR) is 105 cm³/mol. The van der Waals surface area contributed by atoms with Crippen LogP contribution in [0, 0.1) is 11.8 Å². The van der Waals surface area contributed by atoms with Crippen LogP contribution >= 0.6 is 0 Å². The Morgan fingerprint density at radius 3 is 2.52 bits per heavy atom. The van der Waals surface area contributed by atoms with Crippen molar-refractivity contribution in [2.75, 3.05) is 26.7 Å². The molecule has 27 heavy (non-hydrogen) atoms. The van der Waals surface area contributed by atoms with Gasteiger partial charge in [0, 0.05) is 19.5 Å². The summed E-state index contributed by atoms with van der Waals surface area (Å²) in [7, 11) is 1.69. The quantitative estimate of drug-likeness (QED) is 0.805. The van der Waals surface area contributed by atoms with E-state index < -0.39 is 0 Å². The van der Waals surface area contributed by atoms with Crippen LogP contribution in [0.2, 0.25) is 0 Å². The Bertz CT molecular complexity index is 650. The van der Waals surface area contributed by atoms with Crippen molar-refractivity contribution >= 4 is 11.9 Å². The number of aryl methyl sites for hydroxylation is 1. The van der Waals surface area contributed by atoms with Crippen LogP contribution in [0.25, 0.3) is 0 Å². The first kappa shape index (κ1) is 19.5. The number of likely N-dealkylation sites (tertiary alicyclic amines) is 1. The van der Waals surface area contributed by atoms with Crippen LogP contribution in [-0.4, -0.2) is 49.6 Å². The van der Waals surface area contributed by atoms with Crippen molar-refractivity contribution in [2.24, 2.45) is 11.8 Å². The molecule has 148 valence electrons. The normalized spacial score (nSPS) is 22.7. The molecule has 2 N–H and O–H groups in total. The topological polar surface area (TPSA) is 70.7 Å². The number of nitrogens with zero attached hydrogens (tertiary/aromatic N) is 1. The minimum atomic E-state index is -0.00736. The van der Waals surface area contributed by atoms with Crippen molar-refractivity contribution in [1.29, 1.82) is 0 Å². The van der Waals surface area contributed by atoms with E-state index in [1.165, 1.54) is 5.56 Å². The maximum Gasteiger partial charge on any atom is 0.317 e. The summed E-state index contributed by atoms with van der Waals surface area (Å²) in [4.78, 5) is 25.8. The van der Waals surface area contributed by atoms with Crippen LogP contribution in [0.1, 0.15) is 38.2 Å². The van der Waals surface area contributed by atoms with E-state index in [0.29, 0.717) is 25.6 Å². The minimum absolute atomic E-state index is 0.00736. The zero-order chi connectivity index (χ0) is 19.2. The number of nitrogens with one attached hydrogen (secondary N) is 2.